The number of hydrogen-bond acceptors (Lipinski definition) is 3. The number of nitrogens with zero attached hydrogens (tertiary/aromatic N) is 1. The molecular formula is C14H17N3O3. The van der Waals surface area contributed by atoms with Crippen molar-refractivity contribution in [1.29, 1.82) is 5.26 Å². The molecule has 1 rings (SSSR count). The quantitative estimate of drug-likeness (QED) is 0.784. The number of carbonyl (C=O) groups is 2. The fourth-order valence-corrected chi connectivity index (χ4v) is 1.52. The summed E-state index contributed by atoms with van der Waals surface area (Å²) < 4.78 is 0. The van der Waals surface area contributed by atoms with Crippen molar-refractivity contribution in [3.8, 4) is 6.07 Å². The van der Waals surface area contributed by atoms with Gasteiger partial charge in [0.05, 0.1) is 11.6 Å². The van der Waals surface area contributed by atoms with E-state index in [0.29, 0.717) is 11.3 Å². The van der Waals surface area contributed by atoms with Crippen LogP contribution in [0.25, 0.3) is 0 Å². The Balaban J connectivity index is 2.87. The molecule has 2 amide bonds. The number of carboxylic acid groups (broad SMARTS) is 1. The largest absolute Gasteiger partial charge is 0.480 e. The molecule has 0 heterocycles. The van der Waals surface area contributed by atoms with Crippen molar-refractivity contribution in [3.63, 3.8) is 0 Å². The third kappa shape index (κ3) is 3.48. The van der Waals surface area contributed by atoms with Gasteiger partial charge in [0.1, 0.15) is 5.54 Å². The monoisotopic (exact) mass is 275 g/mol. The lowest BCUT2D eigenvalue weighted by atomic mass is 10.00. The highest BCUT2D eigenvalue weighted by Gasteiger charge is 2.32. The molecule has 6 nitrogen and oxygen atoms in total. The average molecular weight is 275 g/mol. The molecule has 0 bridgehead atoms. The molecule has 1 aromatic carbocycles. The van der Waals surface area contributed by atoms with E-state index in [9.17, 15) is 9.59 Å². The molecule has 0 saturated carbocycles. The molecule has 0 spiro atoms. The van der Waals surface area contributed by atoms with E-state index in [1.807, 2.05) is 6.07 Å². The standard InChI is InChI=1S/C14H17N3O3/c1-4-14(3,12(18)19)17-13(20)16-11-7-10(8-15)6-5-9(11)2/h5-7H,4H2,1-3H3,(H,18,19)(H2,16,17,20). The second-order valence-electron chi connectivity index (χ2n) is 4.71. The summed E-state index contributed by atoms with van der Waals surface area (Å²) in [5, 5.41) is 22.9. The average Bonchev–Trinajstić information content (AvgIpc) is 2.40. The number of nitrogens with one attached hydrogen (secondary N) is 2. The molecule has 0 fully saturated rings. The highest BCUT2D eigenvalue weighted by molar-refractivity contribution is 5.94. The maximum atomic E-state index is 11.9. The topological polar surface area (TPSA) is 102 Å². The molecule has 0 aromatic heterocycles. The zero-order valence-corrected chi connectivity index (χ0v) is 11.7. The van der Waals surface area contributed by atoms with Crippen LogP contribution in [0.1, 0.15) is 31.4 Å². The number of urea groups is 1. The SMILES string of the molecule is CCC(C)(NC(=O)Nc1cc(C#N)ccc1C)C(=O)O. The third-order valence-electron chi connectivity index (χ3n) is 3.18. The number of benzene rings is 1. The number of rotatable bonds is 4. The Hall–Kier alpha value is -2.55. The number of amides is 2. The Morgan fingerprint density at radius 2 is 2.10 bits per heavy atom. The Morgan fingerprint density at radius 1 is 1.45 bits per heavy atom. The summed E-state index contributed by atoms with van der Waals surface area (Å²) in [7, 11) is 0. The predicted octanol–water partition coefficient (Wildman–Crippen LogP) is 2.24. The van der Waals surface area contributed by atoms with Gasteiger partial charge in [-0.25, -0.2) is 9.59 Å². The summed E-state index contributed by atoms with van der Waals surface area (Å²) >= 11 is 0. The highest BCUT2D eigenvalue weighted by atomic mass is 16.4. The van der Waals surface area contributed by atoms with Gasteiger partial charge in [-0.3, -0.25) is 0 Å². The van der Waals surface area contributed by atoms with Crippen molar-refractivity contribution in [2.24, 2.45) is 0 Å². The second kappa shape index (κ2) is 6.06. The van der Waals surface area contributed by atoms with E-state index >= 15 is 0 Å². The first-order valence-corrected chi connectivity index (χ1v) is 6.15. The maximum absolute atomic E-state index is 11.9. The first-order valence-electron chi connectivity index (χ1n) is 6.15. The van der Waals surface area contributed by atoms with Crippen molar-refractivity contribution < 1.29 is 14.7 Å². The minimum atomic E-state index is -1.33. The highest BCUT2D eigenvalue weighted by Crippen LogP contribution is 2.17. The number of anilines is 1. The summed E-state index contributed by atoms with van der Waals surface area (Å²) in [5.74, 6) is -1.10. The molecule has 0 aliphatic heterocycles. The number of carbonyl (C=O) groups excluding carboxylic acids is 1. The maximum Gasteiger partial charge on any atom is 0.329 e. The van der Waals surface area contributed by atoms with Crippen LogP contribution in [0.2, 0.25) is 0 Å². The van der Waals surface area contributed by atoms with Gasteiger partial charge in [-0.05, 0) is 38.0 Å². The van der Waals surface area contributed by atoms with E-state index in [2.05, 4.69) is 10.6 Å². The van der Waals surface area contributed by atoms with E-state index in [4.69, 9.17) is 10.4 Å². The van der Waals surface area contributed by atoms with Crippen molar-refractivity contribution in [1.82, 2.24) is 5.32 Å². The van der Waals surface area contributed by atoms with Crippen LogP contribution in [0.3, 0.4) is 0 Å². The molecular weight excluding hydrogens is 258 g/mol. The lowest BCUT2D eigenvalue weighted by Gasteiger charge is -2.24. The number of aliphatic carboxylic acids is 1. The Morgan fingerprint density at radius 3 is 2.60 bits per heavy atom. The van der Waals surface area contributed by atoms with Crippen LogP contribution in [0.5, 0.6) is 0 Å². The van der Waals surface area contributed by atoms with Crippen molar-refractivity contribution in [3.05, 3.63) is 29.3 Å². The molecule has 20 heavy (non-hydrogen) atoms. The van der Waals surface area contributed by atoms with Gasteiger partial charge < -0.3 is 15.7 Å². The number of carboxylic acids is 1. The summed E-state index contributed by atoms with van der Waals surface area (Å²) in [6.07, 6.45) is 0.257. The molecule has 1 aromatic rings. The molecule has 0 saturated heterocycles. The van der Waals surface area contributed by atoms with Gasteiger partial charge in [0, 0.05) is 5.69 Å². The molecule has 0 aliphatic carbocycles. The van der Waals surface area contributed by atoms with E-state index in [1.165, 1.54) is 6.92 Å². The first-order chi connectivity index (χ1) is 9.32. The fraction of sp³-hybridized carbons (Fsp3) is 0.357. The molecule has 1 unspecified atom stereocenters. The Labute approximate surface area is 117 Å². The second-order valence-corrected chi connectivity index (χ2v) is 4.71. The summed E-state index contributed by atoms with van der Waals surface area (Å²) in [4.78, 5) is 23.0. The van der Waals surface area contributed by atoms with Crippen LogP contribution < -0.4 is 10.6 Å². The lowest BCUT2D eigenvalue weighted by molar-refractivity contribution is -0.143. The molecule has 3 N–H and O–H groups in total. The zero-order valence-electron chi connectivity index (χ0n) is 11.7. The van der Waals surface area contributed by atoms with E-state index in [0.717, 1.165) is 5.56 Å². The third-order valence-corrected chi connectivity index (χ3v) is 3.18. The molecule has 0 radical (unpaired) electrons. The van der Waals surface area contributed by atoms with Crippen molar-refractivity contribution >= 4 is 17.7 Å². The van der Waals surface area contributed by atoms with E-state index in [1.54, 1.807) is 32.0 Å². The van der Waals surface area contributed by atoms with Gasteiger partial charge in [0.2, 0.25) is 0 Å². The van der Waals surface area contributed by atoms with Crippen LogP contribution in [0.15, 0.2) is 18.2 Å². The summed E-state index contributed by atoms with van der Waals surface area (Å²) in [6.45, 7) is 4.90. The van der Waals surface area contributed by atoms with E-state index < -0.39 is 17.5 Å². The summed E-state index contributed by atoms with van der Waals surface area (Å²) in [5.41, 5.74) is 0.352. The molecule has 6 heteroatoms. The minimum Gasteiger partial charge on any atom is -0.480 e. The minimum absolute atomic E-state index is 0.257. The molecule has 106 valence electrons. The zero-order chi connectivity index (χ0) is 15.3. The Bertz CT molecular complexity index is 578. The fourth-order valence-electron chi connectivity index (χ4n) is 1.52. The van der Waals surface area contributed by atoms with Crippen LogP contribution in [-0.4, -0.2) is 22.6 Å². The first kappa shape index (κ1) is 15.5. The lowest BCUT2D eigenvalue weighted by Crippen LogP contribution is -2.53. The van der Waals surface area contributed by atoms with Crippen LogP contribution >= 0.6 is 0 Å². The van der Waals surface area contributed by atoms with Crippen molar-refractivity contribution in [2.75, 3.05) is 5.32 Å². The predicted molar refractivity (Wildman–Crippen MR) is 74.4 cm³/mol. The number of aryl methyl sites for hydroxylation is 1. The van der Waals surface area contributed by atoms with Gasteiger partial charge in [-0.1, -0.05) is 13.0 Å². The summed E-state index contributed by atoms with van der Waals surface area (Å²) in [6, 6.07) is 6.26. The van der Waals surface area contributed by atoms with Gasteiger partial charge in [0.25, 0.3) is 0 Å². The normalized spacial score (nSPS) is 12.9. The number of hydrogen-bond donors (Lipinski definition) is 3. The number of nitriles is 1. The van der Waals surface area contributed by atoms with Crippen LogP contribution in [0, 0.1) is 18.3 Å². The smallest absolute Gasteiger partial charge is 0.329 e. The van der Waals surface area contributed by atoms with Crippen LogP contribution in [-0.2, 0) is 4.79 Å². The van der Waals surface area contributed by atoms with Crippen molar-refractivity contribution in [2.45, 2.75) is 32.7 Å². The van der Waals surface area contributed by atoms with Gasteiger partial charge in [-0.15, -0.1) is 0 Å². The van der Waals surface area contributed by atoms with Gasteiger partial charge in [-0.2, -0.15) is 5.26 Å². The molecule has 0 aliphatic rings. The van der Waals surface area contributed by atoms with E-state index in [-0.39, 0.29) is 6.42 Å². The Kier molecular flexibility index (Phi) is 4.70. The molecule has 1 atom stereocenters. The van der Waals surface area contributed by atoms with Gasteiger partial charge >= 0.3 is 12.0 Å². The van der Waals surface area contributed by atoms with Gasteiger partial charge in [0.15, 0.2) is 0 Å². The van der Waals surface area contributed by atoms with Crippen LogP contribution in [0.4, 0.5) is 10.5 Å².